The Morgan fingerprint density at radius 2 is 1.82 bits per heavy atom. The summed E-state index contributed by atoms with van der Waals surface area (Å²) in [5.41, 5.74) is 2.37. The van der Waals surface area contributed by atoms with Gasteiger partial charge in [0.25, 0.3) is 0 Å². The van der Waals surface area contributed by atoms with Crippen LogP contribution in [0.15, 0.2) is 53.7 Å². The van der Waals surface area contributed by atoms with Crippen molar-refractivity contribution in [2.75, 3.05) is 11.6 Å². The van der Waals surface area contributed by atoms with Crippen molar-refractivity contribution in [3.8, 4) is 0 Å². The highest BCUT2D eigenvalue weighted by Gasteiger charge is 2.13. The predicted molar refractivity (Wildman–Crippen MR) is 87.4 cm³/mol. The normalized spacial score (nSPS) is 11.5. The summed E-state index contributed by atoms with van der Waals surface area (Å²) in [6.07, 6.45) is 4.32. The smallest absolute Gasteiger partial charge is 0.177 e. The fraction of sp³-hybridized carbons (Fsp3) is 0.0667. The number of sulfone groups is 1. The number of anilines is 2. The van der Waals surface area contributed by atoms with E-state index in [1.807, 2.05) is 0 Å². The molecule has 0 saturated heterocycles. The van der Waals surface area contributed by atoms with Gasteiger partial charge in [-0.3, -0.25) is 9.97 Å². The predicted octanol–water partition coefficient (Wildman–Crippen LogP) is 3.43. The van der Waals surface area contributed by atoms with E-state index in [0.717, 1.165) is 0 Å². The molecule has 2 aromatic carbocycles. The van der Waals surface area contributed by atoms with Gasteiger partial charge in [-0.05, 0) is 24.3 Å². The van der Waals surface area contributed by atoms with Gasteiger partial charge in [0.05, 0.1) is 21.1 Å². The third kappa shape index (κ3) is 2.88. The van der Waals surface area contributed by atoms with Crippen molar-refractivity contribution < 1.29 is 8.42 Å². The number of hydrogen-bond acceptors (Lipinski definition) is 5. The summed E-state index contributed by atoms with van der Waals surface area (Å²) in [5, 5.41) is 3.53. The molecule has 7 heteroatoms. The van der Waals surface area contributed by atoms with Crippen LogP contribution in [0.25, 0.3) is 11.0 Å². The molecule has 0 fully saturated rings. The average molecular weight is 334 g/mol. The fourth-order valence-electron chi connectivity index (χ4n) is 2.15. The largest absolute Gasteiger partial charge is 0.354 e. The summed E-state index contributed by atoms with van der Waals surface area (Å²) in [7, 11) is -3.33. The van der Waals surface area contributed by atoms with Gasteiger partial charge in [-0.15, -0.1) is 0 Å². The average Bonchev–Trinajstić information content (AvgIpc) is 2.47. The maximum atomic E-state index is 11.8. The molecule has 0 atom stereocenters. The molecular weight excluding hydrogens is 322 g/mol. The molecule has 0 aliphatic rings. The Labute approximate surface area is 132 Å². The molecular formula is C15H12ClN3O2S. The van der Waals surface area contributed by atoms with E-state index >= 15 is 0 Å². The van der Waals surface area contributed by atoms with Gasteiger partial charge in [0.1, 0.15) is 5.52 Å². The van der Waals surface area contributed by atoms with E-state index in [4.69, 9.17) is 11.6 Å². The lowest BCUT2D eigenvalue weighted by molar-refractivity contribution is 0.602. The molecule has 0 spiro atoms. The summed E-state index contributed by atoms with van der Waals surface area (Å²) >= 11 is 6.20. The maximum absolute atomic E-state index is 11.8. The quantitative estimate of drug-likeness (QED) is 0.795. The number of hydrogen-bond donors (Lipinski definition) is 1. The summed E-state index contributed by atoms with van der Waals surface area (Å²) in [4.78, 5) is 8.61. The van der Waals surface area contributed by atoms with E-state index in [2.05, 4.69) is 15.3 Å². The van der Waals surface area contributed by atoms with Crippen molar-refractivity contribution in [3.05, 3.63) is 53.8 Å². The second-order valence-electron chi connectivity index (χ2n) is 4.78. The number of aromatic nitrogens is 2. The third-order valence-electron chi connectivity index (χ3n) is 3.09. The Bertz CT molecular complexity index is 958. The van der Waals surface area contributed by atoms with E-state index in [1.54, 1.807) is 48.8 Å². The molecule has 1 aromatic heterocycles. The third-order valence-corrected chi connectivity index (χ3v) is 4.54. The minimum Gasteiger partial charge on any atom is -0.354 e. The first-order chi connectivity index (χ1) is 10.4. The SMILES string of the molecule is CS(=O)(=O)c1ccccc1Nc1cc(Cl)c2nccnc2c1. The molecule has 3 rings (SSSR count). The number of nitrogens with zero attached hydrogens (tertiary/aromatic N) is 2. The molecule has 22 heavy (non-hydrogen) atoms. The van der Waals surface area contributed by atoms with Crippen molar-refractivity contribution in [2.45, 2.75) is 4.90 Å². The Kier molecular flexibility index (Phi) is 3.72. The minimum atomic E-state index is -3.33. The summed E-state index contributed by atoms with van der Waals surface area (Å²) in [6, 6.07) is 10.2. The fourth-order valence-corrected chi connectivity index (χ4v) is 3.26. The van der Waals surface area contributed by atoms with E-state index in [0.29, 0.717) is 27.4 Å². The van der Waals surface area contributed by atoms with Crippen LogP contribution in [-0.2, 0) is 9.84 Å². The first-order valence-corrected chi connectivity index (χ1v) is 8.68. The van der Waals surface area contributed by atoms with Crippen LogP contribution >= 0.6 is 11.6 Å². The van der Waals surface area contributed by atoms with Gasteiger partial charge in [-0.1, -0.05) is 23.7 Å². The first kappa shape index (κ1) is 14.7. The topological polar surface area (TPSA) is 72.0 Å². The maximum Gasteiger partial charge on any atom is 0.177 e. The molecule has 0 radical (unpaired) electrons. The van der Waals surface area contributed by atoms with Crippen LogP contribution in [0.1, 0.15) is 0 Å². The highest BCUT2D eigenvalue weighted by molar-refractivity contribution is 7.90. The number of rotatable bonds is 3. The molecule has 0 aliphatic carbocycles. The van der Waals surface area contributed by atoms with Crippen molar-refractivity contribution in [2.24, 2.45) is 0 Å². The standard InChI is InChI=1S/C15H12ClN3O2S/c1-22(20,21)14-5-3-2-4-12(14)19-10-8-11(16)15-13(9-10)17-6-7-18-15/h2-9,19H,1H3. The number of fused-ring (bicyclic) bond motifs is 1. The number of benzene rings is 2. The number of nitrogens with one attached hydrogen (secondary N) is 1. The monoisotopic (exact) mass is 333 g/mol. The van der Waals surface area contributed by atoms with Crippen LogP contribution in [0.2, 0.25) is 5.02 Å². The van der Waals surface area contributed by atoms with Gasteiger partial charge in [0.2, 0.25) is 0 Å². The molecule has 0 amide bonds. The zero-order valence-electron chi connectivity index (χ0n) is 11.6. The molecule has 0 unspecified atom stereocenters. The second-order valence-corrected chi connectivity index (χ2v) is 7.17. The van der Waals surface area contributed by atoms with Crippen molar-refractivity contribution in [3.63, 3.8) is 0 Å². The Hall–Kier alpha value is -2.18. The van der Waals surface area contributed by atoms with Gasteiger partial charge in [0, 0.05) is 24.3 Å². The molecule has 0 saturated carbocycles. The Morgan fingerprint density at radius 3 is 2.59 bits per heavy atom. The van der Waals surface area contributed by atoms with Crippen LogP contribution in [-0.4, -0.2) is 24.6 Å². The molecule has 0 bridgehead atoms. The molecule has 5 nitrogen and oxygen atoms in total. The first-order valence-electron chi connectivity index (χ1n) is 6.41. The van der Waals surface area contributed by atoms with E-state index in [1.165, 1.54) is 6.26 Å². The van der Waals surface area contributed by atoms with E-state index < -0.39 is 9.84 Å². The molecule has 1 heterocycles. The van der Waals surface area contributed by atoms with E-state index in [9.17, 15) is 8.42 Å². The van der Waals surface area contributed by atoms with Gasteiger partial charge in [-0.2, -0.15) is 0 Å². The highest BCUT2D eigenvalue weighted by Crippen LogP contribution is 2.29. The van der Waals surface area contributed by atoms with Crippen LogP contribution in [0.5, 0.6) is 0 Å². The van der Waals surface area contributed by atoms with Gasteiger partial charge in [0.15, 0.2) is 9.84 Å². The second kappa shape index (κ2) is 5.55. The Morgan fingerprint density at radius 1 is 1.09 bits per heavy atom. The van der Waals surface area contributed by atoms with Crippen LogP contribution in [0.3, 0.4) is 0 Å². The Balaban J connectivity index is 2.08. The summed E-state index contributed by atoms with van der Waals surface area (Å²) in [5.74, 6) is 0. The summed E-state index contributed by atoms with van der Waals surface area (Å²) < 4.78 is 23.7. The molecule has 3 aromatic rings. The lowest BCUT2D eigenvalue weighted by Gasteiger charge is -2.11. The zero-order valence-corrected chi connectivity index (χ0v) is 13.2. The molecule has 0 aliphatic heterocycles. The molecule has 112 valence electrons. The lowest BCUT2D eigenvalue weighted by atomic mass is 10.2. The van der Waals surface area contributed by atoms with Crippen molar-refractivity contribution >= 4 is 43.8 Å². The van der Waals surface area contributed by atoms with Crippen LogP contribution < -0.4 is 5.32 Å². The summed E-state index contributed by atoms with van der Waals surface area (Å²) in [6.45, 7) is 0. The number of para-hydroxylation sites is 1. The zero-order chi connectivity index (χ0) is 15.7. The minimum absolute atomic E-state index is 0.227. The van der Waals surface area contributed by atoms with Gasteiger partial charge < -0.3 is 5.32 Å². The van der Waals surface area contributed by atoms with Crippen LogP contribution in [0.4, 0.5) is 11.4 Å². The van der Waals surface area contributed by atoms with E-state index in [-0.39, 0.29) is 4.90 Å². The van der Waals surface area contributed by atoms with Crippen molar-refractivity contribution in [1.82, 2.24) is 9.97 Å². The van der Waals surface area contributed by atoms with Crippen LogP contribution in [0, 0.1) is 0 Å². The van der Waals surface area contributed by atoms with Gasteiger partial charge >= 0.3 is 0 Å². The lowest BCUT2D eigenvalue weighted by Crippen LogP contribution is -2.02. The van der Waals surface area contributed by atoms with Crippen molar-refractivity contribution in [1.29, 1.82) is 0 Å². The highest BCUT2D eigenvalue weighted by atomic mass is 35.5. The van der Waals surface area contributed by atoms with Gasteiger partial charge in [-0.25, -0.2) is 8.42 Å². The number of halogens is 1. The molecule has 1 N–H and O–H groups in total.